The summed E-state index contributed by atoms with van der Waals surface area (Å²) >= 11 is 5.89. The van der Waals surface area contributed by atoms with E-state index in [2.05, 4.69) is 33.4 Å². The minimum Gasteiger partial charge on any atom is -0.472 e. The van der Waals surface area contributed by atoms with E-state index in [1.54, 1.807) is 12.3 Å². The SMILES string of the molecule is Clc1ccc2c(n1)OCc1cc(-c3cn[nH]c3)ccc1-2. The fraction of sp³-hybridized carbons (Fsp3) is 0.0667. The van der Waals surface area contributed by atoms with E-state index in [4.69, 9.17) is 16.3 Å². The molecule has 0 fully saturated rings. The summed E-state index contributed by atoms with van der Waals surface area (Å²) in [6, 6.07) is 10.0. The van der Waals surface area contributed by atoms with E-state index < -0.39 is 0 Å². The van der Waals surface area contributed by atoms with Gasteiger partial charge in [-0.05, 0) is 34.9 Å². The van der Waals surface area contributed by atoms with E-state index in [1.807, 2.05) is 12.3 Å². The van der Waals surface area contributed by atoms with Crippen molar-refractivity contribution in [2.45, 2.75) is 6.61 Å². The van der Waals surface area contributed by atoms with Crippen LogP contribution in [0.5, 0.6) is 5.88 Å². The summed E-state index contributed by atoms with van der Waals surface area (Å²) in [5.41, 5.74) is 5.44. The van der Waals surface area contributed by atoms with Gasteiger partial charge in [-0.2, -0.15) is 5.10 Å². The van der Waals surface area contributed by atoms with E-state index in [-0.39, 0.29) is 0 Å². The van der Waals surface area contributed by atoms with Crippen LogP contribution in [0.3, 0.4) is 0 Å². The number of benzene rings is 1. The molecule has 5 heteroatoms. The molecule has 1 aliphatic heterocycles. The molecule has 0 bridgehead atoms. The number of fused-ring (bicyclic) bond motifs is 3. The van der Waals surface area contributed by atoms with Crippen molar-refractivity contribution in [1.29, 1.82) is 0 Å². The Morgan fingerprint density at radius 3 is 2.85 bits per heavy atom. The number of nitrogens with zero attached hydrogens (tertiary/aromatic N) is 2. The van der Waals surface area contributed by atoms with Gasteiger partial charge in [-0.1, -0.05) is 23.7 Å². The van der Waals surface area contributed by atoms with Crippen molar-refractivity contribution in [1.82, 2.24) is 15.2 Å². The predicted molar refractivity (Wildman–Crippen MR) is 76.6 cm³/mol. The molecule has 3 aromatic rings. The summed E-state index contributed by atoms with van der Waals surface area (Å²) in [6.45, 7) is 0.501. The van der Waals surface area contributed by atoms with Gasteiger partial charge in [0.1, 0.15) is 11.8 Å². The molecule has 2 aromatic heterocycles. The van der Waals surface area contributed by atoms with Gasteiger partial charge in [0, 0.05) is 17.3 Å². The highest BCUT2D eigenvalue weighted by Gasteiger charge is 2.19. The lowest BCUT2D eigenvalue weighted by molar-refractivity contribution is 0.290. The van der Waals surface area contributed by atoms with Gasteiger partial charge in [0.25, 0.3) is 0 Å². The van der Waals surface area contributed by atoms with Gasteiger partial charge >= 0.3 is 0 Å². The van der Waals surface area contributed by atoms with E-state index in [0.29, 0.717) is 17.6 Å². The number of aromatic amines is 1. The van der Waals surface area contributed by atoms with Crippen molar-refractivity contribution >= 4 is 11.6 Å². The summed E-state index contributed by atoms with van der Waals surface area (Å²) in [7, 11) is 0. The molecular formula is C15H10ClN3O. The molecule has 4 nitrogen and oxygen atoms in total. The first-order chi connectivity index (χ1) is 9.81. The highest BCUT2D eigenvalue weighted by Crippen LogP contribution is 2.38. The molecule has 0 amide bonds. The van der Waals surface area contributed by atoms with Crippen molar-refractivity contribution in [3.8, 4) is 28.1 Å². The molecule has 1 aliphatic rings. The van der Waals surface area contributed by atoms with E-state index in [1.165, 1.54) is 0 Å². The first-order valence-corrected chi connectivity index (χ1v) is 6.61. The van der Waals surface area contributed by atoms with Crippen molar-refractivity contribution in [2.24, 2.45) is 0 Å². The van der Waals surface area contributed by atoms with Crippen molar-refractivity contribution in [2.75, 3.05) is 0 Å². The lowest BCUT2D eigenvalue weighted by Gasteiger charge is -2.20. The Balaban J connectivity index is 1.85. The summed E-state index contributed by atoms with van der Waals surface area (Å²) in [5.74, 6) is 0.598. The van der Waals surface area contributed by atoms with Crippen LogP contribution in [-0.4, -0.2) is 15.2 Å². The third kappa shape index (κ3) is 1.77. The molecule has 3 heterocycles. The summed E-state index contributed by atoms with van der Waals surface area (Å²) in [4.78, 5) is 4.21. The molecule has 4 rings (SSSR count). The van der Waals surface area contributed by atoms with E-state index in [0.717, 1.165) is 27.8 Å². The number of H-pyrrole nitrogens is 1. The zero-order valence-corrected chi connectivity index (χ0v) is 11.2. The number of hydrogen-bond acceptors (Lipinski definition) is 3. The fourth-order valence-electron chi connectivity index (χ4n) is 2.44. The topological polar surface area (TPSA) is 50.8 Å². The minimum absolute atomic E-state index is 0.446. The number of hydrogen-bond donors (Lipinski definition) is 1. The third-order valence-electron chi connectivity index (χ3n) is 3.42. The maximum Gasteiger partial charge on any atom is 0.223 e. The Morgan fingerprint density at radius 2 is 2.00 bits per heavy atom. The molecule has 0 saturated carbocycles. The van der Waals surface area contributed by atoms with Crippen LogP contribution in [-0.2, 0) is 6.61 Å². The minimum atomic E-state index is 0.446. The van der Waals surface area contributed by atoms with Crippen LogP contribution in [0.2, 0.25) is 5.15 Å². The average molecular weight is 284 g/mol. The number of nitrogens with one attached hydrogen (secondary N) is 1. The monoisotopic (exact) mass is 283 g/mol. The van der Waals surface area contributed by atoms with Crippen LogP contribution in [0.15, 0.2) is 42.7 Å². The predicted octanol–water partition coefficient (Wildman–Crippen LogP) is 3.68. The van der Waals surface area contributed by atoms with Gasteiger partial charge in [0.05, 0.1) is 6.20 Å². The second kappa shape index (κ2) is 4.35. The smallest absolute Gasteiger partial charge is 0.223 e. The van der Waals surface area contributed by atoms with Gasteiger partial charge in [0.15, 0.2) is 0 Å². The molecule has 0 spiro atoms. The molecule has 1 N–H and O–H groups in total. The Kier molecular flexibility index (Phi) is 2.50. The van der Waals surface area contributed by atoms with Crippen molar-refractivity contribution in [3.05, 3.63) is 53.4 Å². The van der Waals surface area contributed by atoms with E-state index in [9.17, 15) is 0 Å². The second-order valence-corrected chi connectivity index (χ2v) is 5.02. The Bertz CT molecular complexity index is 784. The van der Waals surface area contributed by atoms with Gasteiger partial charge in [0.2, 0.25) is 5.88 Å². The zero-order chi connectivity index (χ0) is 13.5. The number of halogens is 1. The number of rotatable bonds is 1. The first-order valence-electron chi connectivity index (χ1n) is 6.23. The molecule has 0 atom stereocenters. The highest BCUT2D eigenvalue weighted by molar-refractivity contribution is 6.29. The third-order valence-corrected chi connectivity index (χ3v) is 3.63. The normalized spacial score (nSPS) is 12.4. The molecular weight excluding hydrogens is 274 g/mol. The average Bonchev–Trinajstić information content (AvgIpc) is 3.00. The first kappa shape index (κ1) is 11.5. The van der Waals surface area contributed by atoms with Crippen molar-refractivity contribution < 1.29 is 4.74 Å². The van der Waals surface area contributed by atoms with Crippen LogP contribution >= 0.6 is 11.6 Å². The maximum atomic E-state index is 5.89. The molecule has 20 heavy (non-hydrogen) atoms. The van der Waals surface area contributed by atoms with Gasteiger partial charge < -0.3 is 4.74 Å². The van der Waals surface area contributed by atoms with Crippen LogP contribution in [0.1, 0.15) is 5.56 Å². The molecule has 0 radical (unpaired) electrons. The van der Waals surface area contributed by atoms with Crippen LogP contribution < -0.4 is 4.74 Å². The zero-order valence-electron chi connectivity index (χ0n) is 10.4. The van der Waals surface area contributed by atoms with Gasteiger partial charge in [-0.15, -0.1) is 0 Å². The highest BCUT2D eigenvalue weighted by atomic mass is 35.5. The van der Waals surface area contributed by atoms with Gasteiger partial charge in [-0.3, -0.25) is 5.10 Å². The lowest BCUT2D eigenvalue weighted by atomic mass is 9.95. The number of ether oxygens (including phenoxy) is 1. The van der Waals surface area contributed by atoms with Crippen LogP contribution in [0, 0.1) is 0 Å². The second-order valence-electron chi connectivity index (χ2n) is 4.63. The summed E-state index contributed by atoms with van der Waals surface area (Å²) in [5, 5.41) is 7.25. The number of aromatic nitrogens is 3. The Morgan fingerprint density at radius 1 is 1.10 bits per heavy atom. The lowest BCUT2D eigenvalue weighted by Crippen LogP contribution is -2.07. The quantitative estimate of drug-likeness (QED) is 0.693. The Labute approximate surface area is 120 Å². The molecule has 0 unspecified atom stereocenters. The van der Waals surface area contributed by atoms with Crippen molar-refractivity contribution in [3.63, 3.8) is 0 Å². The van der Waals surface area contributed by atoms with Crippen LogP contribution in [0.25, 0.3) is 22.3 Å². The van der Waals surface area contributed by atoms with Crippen LogP contribution in [0.4, 0.5) is 0 Å². The largest absolute Gasteiger partial charge is 0.472 e. The number of pyridine rings is 1. The van der Waals surface area contributed by atoms with Gasteiger partial charge in [-0.25, -0.2) is 4.98 Å². The van der Waals surface area contributed by atoms with E-state index >= 15 is 0 Å². The fourth-order valence-corrected chi connectivity index (χ4v) is 2.58. The standard InChI is InChI=1S/C15H10ClN3O/c16-14-4-3-13-12-2-1-9(11-6-17-18-7-11)5-10(12)8-20-15(13)19-14/h1-7H,8H2,(H,17,18). The molecule has 98 valence electrons. The molecule has 0 saturated heterocycles. The molecule has 1 aromatic carbocycles. The summed E-state index contributed by atoms with van der Waals surface area (Å²) < 4.78 is 5.68. The Hall–Kier alpha value is -2.33. The summed E-state index contributed by atoms with van der Waals surface area (Å²) in [6.07, 6.45) is 3.68. The molecule has 0 aliphatic carbocycles. The maximum absolute atomic E-state index is 5.89.